The molecule has 1 N–H and O–H groups in total. The zero-order chi connectivity index (χ0) is 14.7. The van der Waals surface area contributed by atoms with Gasteiger partial charge >= 0.3 is 0 Å². The Kier molecular flexibility index (Phi) is 4.45. The Labute approximate surface area is 127 Å². The van der Waals surface area contributed by atoms with E-state index in [4.69, 9.17) is 4.74 Å². The number of hydrogen-bond acceptors (Lipinski definition) is 2. The van der Waals surface area contributed by atoms with Crippen molar-refractivity contribution in [2.75, 3.05) is 12.4 Å². The van der Waals surface area contributed by atoms with Crippen molar-refractivity contribution < 1.29 is 9.53 Å². The largest absolute Gasteiger partial charge is 0.497 e. The highest BCUT2D eigenvalue weighted by Gasteiger charge is 2.13. The average molecular weight is 334 g/mol. The molecule has 0 saturated carbocycles. The third-order valence-electron chi connectivity index (χ3n) is 3.13. The van der Waals surface area contributed by atoms with Gasteiger partial charge in [0.2, 0.25) is 0 Å². The molecule has 0 bridgehead atoms. The summed E-state index contributed by atoms with van der Waals surface area (Å²) in [6.45, 7) is 3.87. The average Bonchev–Trinajstić information content (AvgIpc) is 2.41. The van der Waals surface area contributed by atoms with Crippen LogP contribution in [0.3, 0.4) is 0 Å². The monoisotopic (exact) mass is 333 g/mol. The van der Waals surface area contributed by atoms with Gasteiger partial charge in [-0.05, 0) is 53.0 Å². The molecule has 0 aliphatic carbocycles. The minimum Gasteiger partial charge on any atom is -0.497 e. The lowest BCUT2D eigenvalue weighted by Gasteiger charge is -2.12. The van der Waals surface area contributed by atoms with Gasteiger partial charge < -0.3 is 10.1 Å². The molecule has 0 radical (unpaired) electrons. The molecule has 0 aliphatic rings. The van der Waals surface area contributed by atoms with Crippen LogP contribution in [0.4, 0.5) is 5.69 Å². The van der Waals surface area contributed by atoms with Crippen LogP contribution in [0.25, 0.3) is 0 Å². The van der Waals surface area contributed by atoms with Gasteiger partial charge in [0.15, 0.2) is 0 Å². The predicted molar refractivity (Wildman–Crippen MR) is 84.6 cm³/mol. The van der Waals surface area contributed by atoms with Gasteiger partial charge in [-0.25, -0.2) is 0 Å². The van der Waals surface area contributed by atoms with Crippen molar-refractivity contribution in [3.05, 3.63) is 57.6 Å². The van der Waals surface area contributed by atoms with E-state index in [0.717, 1.165) is 15.6 Å². The zero-order valence-electron chi connectivity index (χ0n) is 11.7. The van der Waals surface area contributed by atoms with Crippen LogP contribution in [-0.4, -0.2) is 13.0 Å². The highest BCUT2D eigenvalue weighted by Crippen LogP contribution is 2.28. The second kappa shape index (κ2) is 6.09. The maximum atomic E-state index is 12.4. The van der Waals surface area contributed by atoms with Crippen LogP contribution in [0.15, 0.2) is 40.9 Å². The Hall–Kier alpha value is -1.81. The number of carbonyl (C=O) groups excluding carboxylic acids is 1. The van der Waals surface area contributed by atoms with Gasteiger partial charge in [0.25, 0.3) is 5.91 Å². The quantitative estimate of drug-likeness (QED) is 0.907. The number of benzene rings is 2. The summed E-state index contributed by atoms with van der Waals surface area (Å²) >= 11 is 3.43. The Morgan fingerprint density at radius 3 is 2.40 bits per heavy atom. The molecule has 0 spiro atoms. The summed E-state index contributed by atoms with van der Waals surface area (Å²) in [6, 6.07) is 11.3. The van der Waals surface area contributed by atoms with Gasteiger partial charge in [-0.3, -0.25) is 4.79 Å². The van der Waals surface area contributed by atoms with Gasteiger partial charge in [0.1, 0.15) is 5.75 Å². The van der Waals surface area contributed by atoms with E-state index < -0.39 is 0 Å². The smallest absolute Gasteiger partial charge is 0.256 e. The first-order valence-corrected chi connectivity index (χ1v) is 7.03. The van der Waals surface area contributed by atoms with Crippen molar-refractivity contribution in [1.29, 1.82) is 0 Å². The van der Waals surface area contributed by atoms with E-state index in [1.165, 1.54) is 0 Å². The molecule has 0 saturated heterocycles. The summed E-state index contributed by atoms with van der Waals surface area (Å²) in [4.78, 5) is 12.4. The third-order valence-corrected chi connectivity index (χ3v) is 3.82. The number of halogens is 1. The van der Waals surface area contributed by atoms with Crippen LogP contribution in [0.5, 0.6) is 5.75 Å². The molecule has 0 aromatic heterocycles. The molecular weight excluding hydrogens is 318 g/mol. The first kappa shape index (κ1) is 14.6. The lowest BCUT2D eigenvalue weighted by atomic mass is 10.0. The number of hydrogen-bond donors (Lipinski definition) is 1. The van der Waals surface area contributed by atoms with Gasteiger partial charge in [-0.15, -0.1) is 0 Å². The molecule has 0 fully saturated rings. The minimum absolute atomic E-state index is 0.116. The lowest BCUT2D eigenvalue weighted by Crippen LogP contribution is -2.15. The molecule has 2 aromatic carbocycles. The highest BCUT2D eigenvalue weighted by molar-refractivity contribution is 9.10. The van der Waals surface area contributed by atoms with E-state index in [-0.39, 0.29) is 5.91 Å². The maximum Gasteiger partial charge on any atom is 0.256 e. The number of methoxy groups -OCH3 is 1. The van der Waals surface area contributed by atoms with E-state index in [9.17, 15) is 4.79 Å². The predicted octanol–water partition coefficient (Wildman–Crippen LogP) is 4.33. The molecule has 20 heavy (non-hydrogen) atoms. The SMILES string of the molecule is COc1ccc(Br)c(NC(=O)c2c(C)cccc2C)c1. The van der Waals surface area contributed by atoms with Crippen LogP contribution in [0.1, 0.15) is 21.5 Å². The molecule has 0 heterocycles. The van der Waals surface area contributed by atoms with E-state index in [1.54, 1.807) is 13.2 Å². The number of ether oxygens (including phenoxy) is 1. The van der Waals surface area contributed by atoms with Crippen LogP contribution in [-0.2, 0) is 0 Å². The molecule has 3 nitrogen and oxygen atoms in total. The standard InChI is InChI=1S/C16H16BrNO2/c1-10-5-4-6-11(2)15(10)16(19)18-14-9-12(20-3)7-8-13(14)17/h4-9H,1-3H3,(H,18,19). The Morgan fingerprint density at radius 1 is 1.15 bits per heavy atom. The van der Waals surface area contributed by atoms with Gasteiger partial charge in [0, 0.05) is 16.1 Å². The zero-order valence-corrected chi connectivity index (χ0v) is 13.2. The molecule has 1 amide bonds. The number of amides is 1. The minimum atomic E-state index is -0.116. The van der Waals surface area contributed by atoms with E-state index >= 15 is 0 Å². The second-order valence-electron chi connectivity index (χ2n) is 4.57. The first-order chi connectivity index (χ1) is 9.52. The lowest BCUT2D eigenvalue weighted by molar-refractivity contribution is 0.102. The molecule has 4 heteroatoms. The Morgan fingerprint density at radius 2 is 1.80 bits per heavy atom. The van der Waals surface area contributed by atoms with Crippen molar-refractivity contribution >= 4 is 27.5 Å². The third kappa shape index (κ3) is 3.02. The molecule has 0 unspecified atom stereocenters. The summed E-state index contributed by atoms with van der Waals surface area (Å²) in [7, 11) is 1.60. The topological polar surface area (TPSA) is 38.3 Å². The summed E-state index contributed by atoms with van der Waals surface area (Å²) in [5.74, 6) is 0.583. The van der Waals surface area contributed by atoms with Crippen molar-refractivity contribution in [2.24, 2.45) is 0 Å². The maximum absolute atomic E-state index is 12.4. The summed E-state index contributed by atoms with van der Waals surface area (Å²) in [6.07, 6.45) is 0. The van der Waals surface area contributed by atoms with Crippen molar-refractivity contribution in [3.63, 3.8) is 0 Å². The fraction of sp³-hybridized carbons (Fsp3) is 0.188. The van der Waals surface area contributed by atoms with Crippen LogP contribution in [0, 0.1) is 13.8 Å². The van der Waals surface area contributed by atoms with Gasteiger partial charge in [-0.1, -0.05) is 18.2 Å². The molecular formula is C16H16BrNO2. The van der Waals surface area contributed by atoms with Crippen LogP contribution in [0.2, 0.25) is 0 Å². The van der Waals surface area contributed by atoms with E-state index in [1.807, 2.05) is 44.2 Å². The van der Waals surface area contributed by atoms with Crippen LogP contribution < -0.4 is 10.1 Å². The van der Waals surface area contributed by atoms with Gasteiger partial charge in [0.05, 0.1) is 12.8 Å². The van der Waals surface area contributed by atoms with E-state index in [2.05, 4.69) is 21.2 Å². The van der Waals surface area contributed by atoms with Crippen molar-refractivity contribution in [1.82, 2.24) is 0 Å². The number of aryl methyl sites for hydroxylation is 2. The number of anilines is 1. The van der Waals surface area contributed by atoms with Crippen molar-refractivity contribution in [3.8, 4) is 5.75 Å². The normalized spacial score (nSPS) is 10.2. The first-order valence-electron chi connectivity index (χ1n) is 6.24. The van der Waals surface area contributed by atoms with E-state index in [0.29, 0.717) is 17.0 Å². The number of rotatable bonds is 3. The fourth-order valence-corrected chi connectivity index (χ4v) is 2.43. The van der Waals surface area contributed by atoms with Crippen LogP contribution >= 0.6 is 15.9 Å². The van der Waals surface area contributed by atoms with Crippen molar-refractivity contribution in [2.45, 2.75) is 13.8 Å². The molecule has 2 aromatic rings. The molecule has 0 aliphatic heterocycles. The highest BCUT2D eigenvalue weighted by atomic mass is 79.9. The summed E-state index contributed by atoms with van der Waals surface area (Å²) in [5, 5.41) is 2.92. The molecule has 104 valence electrons. The Bertz CT molecular complexity index is 633. The Balaban J connectivity index is 2.33. The summed E-state index contributed by atoms with van der Waals surface area (Å²) in [5.41, 5.74) is 3.32. The number of nitrogens with one attached hydrogen (secondary N) is 1. The number of carbonyl (C=O) groups is 1. The molecule has 2 rings (SSSR count). The fourth-order valence-electron chi connectivity index (χ4n) is 2.08. The second-order valence-corrected chi connectivity index (χ2v) is 5.42. The molecule has 0 atom stereocenters. The van der Waals surface area contributed by atoms with Gasteiger partial charge in [-0.2, -0.15) is 0 Å². The summed E-state index contributed by atoms with van der Waals surface area (Å²) < 4.78 is 5.99.